The fourth-order valence-electron chi connectivity index (χ4n) is 3.15. The number of rotatable bonds is 4. The number of hydrogen-bond donors (Lipinski definition) is 1. The van der Waals surface area contributed by atoms with E-state index in [1.165, 1.54) is 58.2 Å². The summed E-state index contributed by atoms with van der Waals surface area (Å²) in [5.74, 6) is 1.04. The summed E-state index contributed by atoms with van der Waals surface area (Å²) in [6, 6.07) is 0. The maximum absolute atomic E-state index is 5.82. The summed E-state index contributed by atoms with van der Waals surface area (Å²) in [6.45, 7) is 7.02. The van der Waals surface area contributed by atoms with Crippen LogP contribution in [0.4, 0.5) is 0 Å². The van der Waals surface area contributed by atoms with E-state index in [-0.39, 0.29) is 0 Å². The van der Waals surface area contributed by atoms with E-state index in [4.69, 9.17) is 5.73 Å². The Morgan fingerprint density at radius 2 is 2.07 bits per heavy atom. The summed E-state index contributed by atoms with van der Waals surface area (Å²) in [5, 5.41) is 0. The van der Waals surface area contributed by atoms with E-state index in [1.807, 2.05) is 0 Å². The van der Waals surface area contributed by atoms with E-state index in [9.17, 15) is 0 Å². The molecule has 0 aromatic rings. The monoisotopic (exact) mass is 210 g/mol. The van der Waals surface area contributed by atoms with Crippen LogP contribution >= 0.6 is 0 Å². The molecule has 0 aromatic heterocycles. The molecule has 1 saturated heterocycles. The molecule has 15 heavy (non-hydrogen) atoms. The van der Waals surface area contributed by atoms with Crippen molar-refractivity contribution in [1.82, 2.24) is 4.90 Å². The Kier molecular flexibility index (Phi) is 3.68. The smallest absolute Gasteiger partial charge is 0.00479 e. The molecule has 0 bridgehead atoms. The van der Waals surface area contributed by atoms with Crippen LogP contribution in [0.1, 0.15) is 45.4 Å². The molecule has 2 nitrogen and oxygen atoms in total. The van der Waals surface area contributed by atoms with Crippen molar-refractivity contribution >= 4 is 0 Å². The molecule has 2 rings (SSSR count). The van der Waals surface area contributed by atoms with E-state index >= 15 is 0 Å². The highest BCUT2D eigenvalue weighted by molar-refractivity contribution is 4.87. The van der Waals surface area contributed by atoms with Gasteiger partial charge in [0.15, 0.2) is 0 Å². The molecule has 2 heteroatoms. The topological polar surface area (TPSA) is 29.3 Å². The van der Waals surface area contributed by atoms with Gasteiger partial charge in [0, 0.05) is 6.54 Å². The second-order valence-electron chi connectivity index (χ2n) is 5.98. The Hall–Kier alpha value is -0.0800. The van der Waals surface area contributed by atoms with Crippen LogP contribution in [0.5, 0.6) is 0 Å². The van der Waals surface area contributed by atoms with Crippen LogP contribution in [0.2, 0.25) is 0 Å². The third-order valence-corrected chi connectivity index (χ3v) is 4.46. The minimum atomic E-state index is 0.412. The summed E-state index contributed by atoms with van der Waals surface area (Å²) >= 11 is 0. The Morgan fingerprint density at radius 3 is 2.67 bits per heavy atom. The predicted octanol–water partition coefficient (Wildman–Crippen LogP) is 2.24. The fraction of sp³-hybridized carbons (Fsp3) is 1.00. The second kappa shape index (κ2) is 4.84. The van der Waals surface area contributed by atoms with Crippen molar-refractivity contribution in [1.29, 1.82) is 0 Å². The molecule has 1 heterocycles. The quantitative estimate of drug-likeness (QED) is 0.771. The maximum Gasteiger partial charge on any atom is 0.00479 e. The van der Waals surface area contributed by atoms with Crippen molar-refractivity contribution in [2.75, 3.05) is 26.2 Å². The highest BCUT2D eigenvalue weighted by Crippen LogP contribution is 2.31. The van der Waals surface area contributed by atoms with E-state index in [1.54, 1.807) is 0 Å². The fourth-order valence-corrected chi connectivity index (χ4v) is 3.15. The van der Waals surface area contributed by atoms with Gasteiger partial charge in [-0.1, -0.05) is 32.6 Å². The lowest BCUT2D eigenvalue weighted by Crippen LogP contribution is -2.32. The summed E-state index contributed by atoms with van der Waals surface area (Å²) < 4.78 is 0. The van der Waals surface area contributed by atoms with Crippen molar-refractivity contribution in [3.63, 3.8) is 0 Å². The molecular formula is C13H26N2. The van der Waals surface area contributed by atoms with Crippen molar-refractivity contribution in [3.05, 3.63) is 0 Å². The normalized spacial score (nSPS) is 34.0. The highest BCUT2D eigenvalue weighted by Gasteiger charge is 2.32. The zero-order valence-corrected chi connectivity index (χ0v) is 10.2. The van der Waals surface area contributed by atoms with Gasteiger partial charge in [-0.15, -0.1) is 0 Å². The molecule has 1 aliphatic heterocycles. The zero-order valence-electron chi connectivity index (χ0n) is 10.2. The molecule has 1 aliphatic carbocycles. The van der Waals surface area contributed by atoms with Gasteiger partial charge in [0.2, 0.25) is 0 Å². The molecule has 2 aliphatic rings. The third-order valence-electron chi connectivity index (χ3n) is 4.46. The lowest BCUT2D eigenvalue weighted by Gasteiger charge is -2.23. The van der Waals surface area contributed by atoms with Gasteiger partial charge >= 0.3 is 0 Å². The molecule has 2 N–H and O–H groups in total. The van der Waals surface area contributed by atoms with Gasteiger partial charge in [-0.3, -0.25) is 0 Å². The van der Waals surface area contributed by atoms with Crippen molar-refractivity contribution in [3.8, 4) is 0 Å². The first kappa shape index (κ1) is 11.4. The lowest BCUT2D eigenvalue weighted by atomic mass is 9.90. The first-order valence-corrected chi connectivity index (χ1v) is 6.64. The minimum absolute atomic E-state index is 0.412. The van der Waals surface area contributed by atoms with E-state index < -0.39 is 0 Å². The Balaban J connectivity index is 1.68. The van der Waals surface area contributed by atoms with Gasteiger partial charge in [0.25, 0.3) is 0 Å². The van der Waals surface area contributed by atoms with Gasteiger partial charge < -0.3 is 10.6 Å². The minimum Gasteiger partial charge on any atom is -0.330 e. The molecule has 0 spiro atoms. The average molecular weight is 210 g/mol. The Labute approximate surface area is 94.2 Å². The van der Waals surface area contributed by atoms with E-state index in [2.05, 4.69) is 11.8 Å². The number of nitrogens with zero attached hydrogens (tertiary/aromatic N) is 1. The van der Waals surface area contributed by atoms with Crippen molar-refractivity contribution in [2.24, 2.45) is 17.1 Å². The predicted molar refractivity (Wildman–Crippen MR) is 64.8 cm³/mol. The van der Waals surface area contributed by atoms with Crippen LogP contribution in [-0.4, -0.2) is 31.1 Å². The summed E-state index contributed by atoms with van der Waals surface area (Å²) in [6.07, 6.45) is 8.66. The van der Waals surface area contributed by atoms with Crippen molar-refractivity contribution < 1.29 is 0 Å². The number of hydrogen-bond acceptors (Lipinski definition) is 2. The van der Waals surface area contributed by atoms with Gasteiger partial charge in [0.05, 0.1) is 0 Å². The van der Waals surface area contributed by atoms with Crippen LogP contribution < -0.4 is 5.73 Å². The first-order chi connectivity index (χ1) is 7.22. The van der Waals surface area contributed by atoms with Crippen LogP contribution in [0.25, 0.3) is 0 Å². The summed E-state index contributed by atoms with van der Waals surface area (Å²) in [7, 11) is 0. The molecule has 88 valence electrons. The highest BCUT2D eigenvalue weighted by atomic mass is 15.2. The molecule has 1 unspecified atom stereocenters. The standard InChI is InChI=1S/C13H26N2/c1-13(10-14)7-9-15(11-13)8-6-12-4-2-3-5-12/h12H,2-11,14H2,1H3. The molecular weight excluding hydrogens is 184 g/mol. The van der Waals surface area contributed by atoms with Crippen LogP contribution in [0.15, 0.2) is 0 Å². The zero-order chi connectivity index (χ0) is 10.7. The van der Waals surface area contributed by atoms with Crippen LogP contribution in [-0.2, 0) is 0 Å². The maximum atomic E-state index is 5.82. The SMILES string of the molecule is CC1(CN)CCN(CCC2CCCC2)C1. The molecule has 1 saturated carbocycles. The van der Waals surface area contributed by atoms with Gasteiger partial charge in [-0.25, -0.2) is 0 Å². The third kappa shape index (κ3) is 2.94. The summed E-state index contributed by atoms with van der Waals surface area (Å²) in [4.78, 5) is 2.63. The number of nitrogens with two attached hydrogens (primary N) is 1. The molecule has 2 fully saturated rings. The van der Waals surface area contributed by atoms with Gasteiger partial charge in [-0.2, -0.15) is 0 Å². The molecule has 0 amide bonds. The molecule has 0 radical (unpaired) electrons. The largest absolute Gasteiger partial charge is 0.330 e. The van der Waals surface area contributed by atoms with Crippen LogP contribution in [0, 0.1) is 11.3 Å². The lowest BCUT2D eigenvalue weighted by molar-refractivity contribution is 0.262. The second-order valence-corrected chi connectivity index (χ2v) is 5.98. The molecule has 1 atom stereocenters. The summed E-state index contributed by atoms with van der Waals surface area (Å²) in [5.41, 5.74) is 6.23. The average Bonchev–Trinajstić information content (AvgIpc) is 2.85. The number of likely N-dealkylation sites (tertiary alicyclic amines) is 1. The van der Waals surface area contributed by atoms with Gasteiger partial charge in [0.1, 0.15) is 0 Å². The Bertz CT molecular complexity index is 199. The Morgan fingerprint density at radius 1 is 1.33 bits per heavy atom. The van der Waals surface area contributed by atoms with E-state index in [0.717, 1.165) is 12.5 Å². The van der Waals surface area contributed by atoms with E-state index in [0.29, 0.717) is 5.41 Å². The van der Waals surface area contributed by atoms with Gasteiger partial charge in [-0.05, 0) is 43.8 Å². The van der Waals surface area contributed by atoms with Crippen molar-refractivity contribution in [2.45, 2.75) is 45.4 Å². The van der Waals surface area contributed by atoms with Crippen LogP contribution in [0.3, 0.4) is 0 Å². The molecule has 0 aromatic carbocycles. The first-order valence-electron chi connectivity index (χ1n) is 6.64.